The summed E-state index contributed by atoms with van der Waals surface area (Å²) < 4.78 is 5.71. The Bertz CT molecular complexity index is 358. The average Bonchev–Trinajstić information content (AvgIpc) is 2.28. The molecule has 2 nitrogen and oxygen atoms in total. The van der Waals surface area contributed by atoms with Crippen molar-refractivity contribution in [3.8, 4) is 5.75 Å². The largest absolute Gasteiger partial charge is 0.493 e. The number of rotatable bonds is 3. The molecule has 0 saturated heterocycles. The minimum atomic E-state index is 0.260. The molecule has 0 aromatic heterocycles. The summed E-state index contributed by atoms with van der Waals surface area (Å²) in [4.78, 5) is 10.5. The van der Waals surface area contributed by atoms with Gasteiger partial charge in [-0.05, 0) is 29.9 Å². The molecule has 1 aromatic rings. The van der Waals surface area contributed by atoms with Crippen LogP contribution in [-0.2, 0) is 11.2 Å². The predicted octanol–water partition coefficient (Wildman–Crippen LogP) is 2.70. The first-order chi connectivity index (χ1) is 7.33. The van der Waals surface area contributed by atoms with Crippen molar-refractivity contribution in [2.24, 2.45) is 0 Å². The summed E-state index contributed by atoms with van der Waals surface area (Å²) in [6.45, 7) is 2.87. The van der Waals surface area contributed by atoms with Crippen LogP contribution in [0.5, 0.6) is 5.75 Å². The smallest absolute Gasteiger partial charge is 0.125 e. The van der Waals surface area contributed by atoms with Gasteiger partial charge in [-0.1, -0.05) is 25.1 Å². The van der Waals surface area contributed by atoms with E-state index in [2.05, 4.69) is 25.1 Å². The van der Waals surface area contributed by atoms with E-state index >= 15 is 0 Å². The van der Waals surface area contributed by atoms with Crippen LogP contribution in [0.25, 0.3) is 0 Å². The van der Waals surface area contributed by atoms with E-state index in [1.54, 1.807) is 0 Å². The van der Waals surface area contributed by atoms with Crippen LogP contribution in [0.3, 0.4) is 0 Å². The number of para-hydroxylation sites is 1. The number of aryl methyl sites for hydroxylation is 1. The van der Waals surface area contributed by atoms with Crippen LogP contribution in [0.4, 0.5) is 0 Å². The van der Waals surface area contributed by atoms with Crippen LogP contribution < -0.4 is 4.74 Å². The zero-order valence-electron chi connectivity index (χ0n) is 9.03. The third-order valence-electron chi connectivity index (χ3n) is 2.94. The van der Waals surface area contributed by atoms with Crippen molar-refractivity contribution in [2.75, 3.05) is 6.61 Å². The highest BCUT2D eigenvalue weighted by Crippen LogP contribution is 2.34. The van der Waals surface area contributed by atoms with Crippen molar-refractivity contribution in [1.29, 1.82) is 0 Å². The zero-order chi connectivity index (χ0) is 10.7. The molecule has 0 saturated carbocycles. The lowest BCUT2D eigenvalue weighted by atomic mass is 9.93. The summed E-state index contributed by atoms with van der Waals surface area (Å²) in [5, 5.41) is 0. The highest BCUT2D eigenvalue weighted by Gasteiger charge is 2.17. The molecule has 0 radical (unpaired) electrons. The second-order valence-electron chi connectivity index (χ2n) is 4.09. The number of fused-ring (bicyclic) bond motifs is 1. The molecule has 1 aromatic carbocycles. The number of aldehydes is 1. The monoisotopic (exact) mass is 204 g/mol. The normalized spacial score (nSPS) is 16.3. The summed E-state index contributed by atoms with van der Waals surface area (Å²) in [5.74, 6) is 1.29. The van der Waals surface area contributed by atoms with Crippen LogP contribution >= 0.6 is 0 Å². The first kappa shape index (κ1) is 10.2. The molecule has 0 fully saturated rings. The SMILES string of the molecule is CC(CC=O)c1cccc2c1OCCC2. The minimum Gasteiger partial charge on any atom is -0.493 e. The maximum Gasteiger partial charge on any atom is 0.125 e. The Labute approximate surface area is 90.3 Å². The molecule has 2 rings (SSSR count). The van der Waals surface area contributed by atoms with E-state index in [1.807, 2.05) is 0 Å². The Morgan fingerprint density at radius 3 is 3.20 bits per heavy atom. The van der Waals surface area contributed by atoms with Crippen molar-refractivity contribution in [3.63, 3.8) is 0 Å². The number of carbonyl (C=O) groups is 1. The zero-order valence-corrected chi connectivity index (χ0v) is 9.03. The molecule has 0 bridgehead atoms. The van der Waals surface area contributed by atoms with Crippen molar-refractivity contribution in [3.05, 3.63) is 29.3 Å². The van der Waals surface area contributed by atoms with Gasteiger partial charge in [-0.15, -0.1) is 0 Å². The molecule has 80 valence electrons. The van der Waals surface area contributed by atoms with Gasteiger partial charge in [-0.2, -0.15) is 0 Å². The summed E-state index contributed by atoms with van der Waals surface area (Å²) in [6, 6.07) is 6.24. The Balaban J connectivity index is 2.34. The predicted molar refractivity (Wildman–Crippen MR) is 59.4 cm³/mol. The molecular weight excluding hydrogens is 188 g/mol. The molecule has 1 aliphatic rings. The van der Waals surface area contributed by atoms with E-state index < -0.39 is 0 Å². The summed E-state index contributed by atoms with van der Waals surface area (Å²) in [7, 11) is 0. The molecule has 0 amide bonds. The van der Waals surface area contributed by atoms with Crippen LogP contribution in [0.15, 0.2) is 18.2 Å². The van der Waals surface area contributed by atoms with Gasteiger partial charge in [0.2, 0.25) is 0 Å². The Kier molecular flexibility index (Phi) is 3.05. The molecule has 0 N–H and O–H groups in total. The Morgan fingerprint density at radius 2 is 2.40 bits per heavy atom. The fourth-order valence-corrected chi connectivity index (χ4v) is 2.07. The van der Waals surface area contributed by atoms with Gasteiger partial charge in [0.15, 0.2) is 0 Å². The molecular formula is C13H16O2. The van der Waals surface area contributed by atoms with Crippen molar-refractivity contribution in [2.45, 2.75) is 32.1 Å². The van der Waals surface area contributed by atoms with Crippen LogP contribution in [0, 0.1) is 0 Å². The third-order valence-corrected chi connectivity index (χ3v) is 2.94. The lowest BCUT2D eigenvalue weighted by Crippen LogP contribution is -2.11. The van der Waals surface area contributed by atoms with Crippen molar-refractivity contribution in [1.82, 2.24) is 0 Å². The number of carbonyl (C=O) groups excluding carboxylic acids is 1. The molecule has 0 aliphatic carbocycles. The van der Waals surface area contributed by atoms with Crippen molar-refractivity contribution < 1.29 is 9.53 Å². The van der Waals surface area contributed by atoms with Gasteiger partial charge in [-0.3, -0.25) is 0 Å². The maximum atomic E-state index is 10.5. The number of hydrogen-bond acceptors (Lipinski definition) is 2. The van der Waals surface area contributed by atoms with Crippen molar-refractivity contribution >= 4 is 6.29 Å². The third kappa shape index (κ3) is 2.04. The van der Waals surface area contributed by atoms with Crippen LogP contribution in [0.1, 0.15) is 36.8 Å². The summed E-state index contributed by atoms with van der Waals surface area (Å²) >= 11 is 0. The fraction of sp³-hybridized carbons (Fsp3) is 0.462. The van der Waals surface area contributed by atoms with E-state index in [1.165, 1.54) is 11.1 Å². The van der Waals surface area contributed by atoms with Gasteiger partial charge in [0.25, 0.3) is 0 Å². The molecule has 0 spiro atoms. The number of benzene rings is 1. The standard InChI is InChI=1S/C13H16O2/c1-10(7-8-14)12-6-2-4-11-5-3-9-15-13(11)12/h2,4,6,8,10H,3,5,7,9H2,1H3. The van der Waals surface area contributed by atoms with E-state index in [-0.39, 0.29) is 5.92 Å². The number of ether oxygens (including phenoxy) is 1. The molecule has 1 unspecified atom stereocenters. The molecule has 2 heteroatoms. The highest BCUT2D eigenvalue weighted by molar-refractivity contribution is 5.53. The maximum absolute atomic E-state index is 10.5. The minimum absolute atomic E-state index is 0.260. The first-order valence-corrected chi connectivity index (χ1v) is 5.51. The van der Waals surface area contributed by atoms with Gasteiger partial charge in [0.1, 0.15) is 12.0 Å². The highest BCUT2D eigenvalue weighted by atomic mass is 16.5. The number of hydrogen-bond donors (Lipinski definition) is 0. The molecule has 1 atom stereocenters. The molecule has 1 heterocycles. The topological polar surface area (TPSA) is 26.3 Å². The van der Waals surface area contributed by atoms with Gasteiger partial charge >= 0.3 is 0 Å². The van der Waals surface area contributed by atoms with Gasteiger partial charge in [0, 0.05) is 6.42 Å². The Morgan fingerprint density at radius 1 is 1.53 bits per heavy atom. The average molecular weight is 204 g/mol. The first-order valence-electron chi connectivity index (χ1n) is 5.51. The van der Waals surface area contributed by atoms with Gasteiger partial charge in [0.05, 0.1) is 6.61 Å². The van der Waals surface area contributed by atoms with E-state index in [9.17, 15) is 4.79 Å². The van der Waals surface area contributed by atoms with Gasteiger partial charge < -0.3 is 9.53 Å². The lowest BCUT2D eigenvalue weighted by Gasteiger charge is -2.22. The summed E-state index contributed by atoms with van der Waals surface area (Å²) in [5.41, 5.74) is 2.47. The van der Waals surface area contributed by atoms with Gasteiger partial charge in [-0.25, -0.2) is 0 Å². The van der Waals surface area contributed by atoms with E-state index in [0.29, 0.717) is 6.42 Å². The van der Waals surface area contributed by atoms with Crippen LogP contribution in [0.2, 0.25) is 0 Å². The van der Waals surface area contributed by atoms with E-state index in [4.69, 9.17) is 4.74 Å². The fourth-order valence-electron chi connectivity index (χ4n) is 2.07. The molecule has 1 aliphatic heterocycles. The van der Waals surface area contributed by atoms with E-state index in [0.717, 1.165) is 31.5 Å². The summed E-state index contributed by atoms with van der Waals surface area (Å²) in [6.07, 6.45) is 3.74. The Hall–Kier alpha value is -1.31. The lowest BCUT2D eigenvalue weighted by molar-refractivity contribution is -0.108. The second kappa shape index (κ2) is 4.47. The quantitative estimate of drug-likeness (QED) is 0.707. The molecule has 15 heavy (non-hydrogen) atoms. The second-order valence-corrected chi connectivity index (χ2v) is 4.09. The van der Waals surface area contributed by atoms with Crippen LogP contribution in [-0.4, -0.2) is 12.9 Å².